The molecule has 2 aromatic carbocycles. The van der Waals surface area contributed by atoms with Crippen LogP contribution in [-0.2, 0) is 9.59 Å². The number of furan rings is 1. The quantitative estimate of drug-likeness (QED) is 0.443. The number of nitrogens with zero attached hydrogens (tertiary/aromatic N) is 2. The SMILES string of the molecule is O=C(c1ccco1)C1C2C(=O)N(c3ccc4c(c3)OCO4)C(=O)C2C2C=Cc3ccccc3N21. The molecule has 0 saturated carbocycles. The molecule has 2 amide bonds. The molecule has 0 aliphatic carbocycles. The molecule has 8 nitrogen and oxygen atoms in total. The number of imide groups is 1. The summed E-state index contributed by atoms with van der Waals surface area (Å²) in [7, 11) is 0. The monoisotopic (exact) mass is 454 g/mol. The standard InChI is InChI=1S/C26H18N2O6/c29-24(19-6-3-11-32-19)23-22-21(17-9-7-14-4-1-2-5-16(14)28(17)23)25(30)27(26(22)31)15-8-10-18-20(12-15)34-13-33-18/h1-12,17,21-23H,13H2. The van der Waals surface area contributed by atoms with Crippen LogP contribution >= 0.6 is 0 Å². The van der Waals surface area contributed by atoms with Gasteiger partial charge in [-0.25, -0.2) is 4.90 Å². The number of amides is 2. The van der Waals surface area contributed by atoms with Crippen molar-refractivity contribution in [2.75, 3.05) is 16.6 Å². The van der Waals surface area contributed by atoms with Crippen molar-refractivity contribution < 1.29 is 28.3 Å². The van der Waals surface area contributed by atoms with E-state index in [4.69, 9.17) is 13.9 Å². The molecule has 2 saturated heterocycles. The van der Waals surface area contributed by atoms with E-state index in [1.165, 1.54) is 11.2 Å². The third-order valence-corrected chi connectivity index (χ3v) is 7.06. The van der Waals surface area contributed by atoms with Crippen molar-refractivity contribution in [1.29, 1.82) is 0 Å². The first-order valence-electron chi connectivity index (χ1n) is 11.0. The number of carbonyl (C=O) groups is 3. The maximum atomic E-state index is 13.8. The maximum absolute atomic E-state index is 13.8. The van der Waals surface area contributed by atoms with Crippen LogP contribution in [0.5, 0.6) is 11.5 Å². The molecular weight excluding hydrogens is 436 g/mol. The number of fused-ring (bicyclic) bond motifs is 6. The highest BCUT2D eigenvalue weighted by Gasteiger charge is 2.64. The molecular formula is C26H18N2O6. The lowest BCUT2D eigenvalue weighted by atomic mass is 9.87. The fourth-order valence-corrected chi connectivity index (χ4v) is 5.66. The lowest BCUT2D eigenvalue weighted by Gasteiger charge is -2.36. The van der Waals surface area contributed by atoms with Crippen molar-refractivity contribution in [2.24, 2.45) is 11.8 Å². The van der Waals surface area contributed by atoms with Crippen LogP contribution in [0.25, 0.3) is 6.08 Å². The summed E-state index contributed by atoms with van der Waals surface area (Å²) >= 11 is 0. The maximum Gasteiger partial charge on any atom is 0.240 e. The van der Waals surface area contributed by atoms with E-state index in [1.807, 2.05) is 41.3 Å². The molecule has 4 atom stereocenters. The molecule has 5 heterocycles. The van der Waals surface area contributed by atoms with E-state index < -0.39 is 29.8 Å². The Bertz CT molecular complexity index is 1390. The Morgan fingerprint density at radius 2 is 1.74 bits per heavy atom. The van der Waals surface area contributed by atoms with Crippen LogP contribution in [0.2, 0.25) is 0 Å². The second kappa shape index (κ2) is 6.84. The summed E-state index contributed by atoms with van der Waals surface area (Å²) in [6, 6.07) is 14.6. The Morgan fingerprint density at radius 3 is 2.59 bits per heavy atom. The molecule has 0 bridgehead atoms. The minimum Gasteiger partial charge on any atom is -0.461 e. The van der Waals surface area contributed by atoms with Crippen LogP contribution in [-0.4, -0.2) is 36.5 Å². The van der Waals surface area contributed by atoms with Crippen LogP contribution in [0.1, 0.15) is 16.1 Å². The summed E-state index contributed by atoms with van der Waals surface area (Å²) in [6.07, 6.45) is 5.31. The van der Waals surface area contributed by atoms with E-state index in [-0.39, 0.29) is 24.2 Å². The number of ketones is 1. The van der Waals surface area contributed by atoms with Gasteiger partial charge in [0, 0.05) is 11.8 Å². The minimum absolute atomic E-state index is 0.0902. The summed E-state index contributed by atoms with van der Waals surface area (Å²) in [5.41, 5.74) is 2.16. The van der Waals surface area contributed by atoms with Gasteiger partial charge in [-0.1, -0.05) is 30.4 Å². The fourth-order valence-electron chi connectivity index (χ4n) is 5.66. The van der Waals surface area contributed by atoms with Crippen LogP contribution in [0.4, 0.5) is 11.4 Å². The average Bonchev–Trinajstić information content (AvgIpc) is 3.64. The van der Waals surface area contributed by atoms with Crippen LogP contribution in [0.3, 0.4) is 0 Å². The van der Waals surface area contributed by atoms with Crippen molar-refractivity contribution in [3.63, 3.8) is 0 Å². The number of para-hydroxylation sites is 1. The first-order valence-corrected chi connectivity index (χ1v) is 11.0. The molecule has 0 N–H and O–H groups in total. The Balaban J connectivity index is 1.36. The van der Waals surface area contributed by atoms with E-state index in [1.54, 1.807) is 30.3 Å². The molecule has 4 aliphatic heterocycles. The molecule has 4 unspecified atom stereocenters. The number of hydrogen-bond acceptors (Lipinski definition) is 7. The molecule has 1 aromatic heterocycles. The number of Topliss-reactive ketones (excluding diaryl/α,β-unsaturated/α-hetero) is 1. The number of hydrogen-bond donors (Lipinski definition) is 0. The third kappa shape index (κ3) is 2.45. The number of benzene rings is 2. The average molecular weight is 454 g/mol. The van der Waals surface area contributed by atoms with Crippen molar-refractivity contribution in [3.8, 4) is 11.5 Å². The molecule has 4 aliphatic rings. The highest BCUT2D eigenvalue weighted by molar-refractivity contribution is 6.25. The second-order valence-electron chi connectivity index (χ2n) is 8.70. The van der Waals surface area contributed by atoms with Crippen molar-refractivity contribution >= 4 is 35.0 Å². The van der Waals surface area contributed by atoms with Gasteiger partial charge in [0.05, 0.1) is 29.8 Å². The third-order valence-electron chi connectivity index (χ3n) is 7.06. The van der Waals surface area contributed by atoms with Crippen molar-refractivity contribution in [2.45, 2.75) is 12.1 Å². The van der Waals surface area contributed by atoms with Crippen molar-refractivity contribution in [1.82, 2.24) is 0 Å². The van der Waals surface area contributed by atoms with Gasteiger partial charge in [0.2, 0.25) is 24.4 Å². The normalized spacial score (nSPS) is 26.0. The first kappa shape index (κ1) is 19.2. The summed E-state index contributed by atoms with van der Waals surface area (Å²) < 4.78 is 16.2. The van der Waals surface area contributed by atoms with E-state index in [9.17, 15) is 14.4 Å². The van der Waals surface area contributed by atoms with Gasteiger partial charge in [-0.2, -0.15) is 0 Å². The van der Waals surface area contributed by atoms with Gasteiger partial charge >= 0.3 is 0 Å². The molecule has 168 valence electrons. The number of rotatable bonds is 3. The van der Waals surface area contributed by atoms with Crippen LogP contribution < -0.4 is 19.3 Å². The summed E-state index contributed by atoms with van der Waals surface area (Å²) in [5, 5.41) is 0. The molecule has 8 heteroatoms. The van der Waals surface area contributed by atoms with Crippen LogP contribution in [0.15, 0.2) is 71.4 Å². The zero-order valence-corrected chi connectivity index (χ0v) is 17.8. The van der Waals surface area contributed by atoms with E-state index in [2.05, 4.69) is 0 Å². The van der Waals surface area contributed by atoms with Gasteiger partial charge in [-0.05, 0) is 35.9 Å². The second-order valence-corrected chi connectivity index (χ2v) is 8.70. The van der Waals surface area contributed by atoms with Gasteiger partial charge in [0.25, 0.3) is 0 Å². The summed E-state index contributed by atoms with van der Waals surface area (Å²) in [6.45, 7) is 0.0902. The number of carbonyl (C=O) groups excluding carboxylic acids is 3. The van der Waals surface area contributed by atoms with Gasteiger partial charge < -0.3 is 18.8 Å². The highest BCUT2D eigenvalue weighted by Crippen LogP contribution is 2.50. The Hall–Kier alpha value is -4.33. The predicted octanol–water partition coefficient (Wildman–Crippen LogP) is 3.28. The number of ether oxygens (including phenoxy) is 2. The minimum atomic E-state index is -0.872. The van der Waals surface area contributed by atoms with Crippen LogP contribution in [0, 0.1) is 11.8 Å². The van der Waals surface area contributed by atoms with Crippen molar-refractivity contribution in [3.05, 3.63) is 78.3 Å². The zero-order valence-electron chi connectivity index (χ0n) is 17.8. The molecule has 7 rings (SSSR count). The van der Waals surface area contributed by atoms with Gasteiger partial charge in [0.1, 0.15) is 6.04 Å². The summed E-state index contributed by atoms with van der Waals surface area (Å²) in [4.78, 5) is 44.4. The van der Waals surface area contributed by atoms with E-state index in [0.29, 0.717) is 17.2 Å². The number of anilines is 2. The molecule has 3 aromatic rings. The molecule has 0 radical (unpaired) electrons. The lowest BCUT2D eigenvalue weighted by molar-refractivity contribution is -0.122. The lowest BCUT2D eigenvalue weighted by Crippen LogP contribution is -2.48. The van der Waals surface area contributed by atoms with Gasteiger partial charge in [0.15, 0.2) is 17.3 Å². The molecule has 0 spiro atoms. The first-order chi connectivity index (χ1) is 16.6. The highest BCUT2D eigenvalue weighted by atomic mass is 16.7. The predicted molar refractivity (Wildman–Crippen MR) is 121 cm³/mol. The zero-order chi connectivity index (χ0) is 23.0. The summed E-state index contributed by atoms with van der Waals surface area (Å²) in [5.74, 6) is -1.40. The fraction of sp³-hybridized carbons (Fsp3) is 0.192. The Labute approximate surface area is 194 Å². The van der Waals surface area contributed by atoms with Gasteiger partial charge in [-0.15, -0.1) is 0 Å². The Morgan fingerprint density at radius 1 is 0.912 bits per heavy atom. The topological polar surface area (TPSA) is 89.3 Å². The molecule has 34 heavy (non-hydrogen) atoms. The Kier molecular flexibility index (Phi) is 3.85. The molecule has 2 fully saturated rings. The smallest absolute Gasteiger partial charge is 0.240 e. The van der Waals surface area contributed by atoms with E-state index in [0.717, 1.165) is 11.3 Å². The van der Waals surface area contributed by atoms with Gasteiger partial charge in [-0.3, -0.25) is 14.4 Å². The largest absolute Gasteiger partial charge is 0.461 e. The van der Waals surface area contributed by atoms with E-state index >= 15 is 0 Å².